The summed E-state index contributed by atoms with van der Waals surface area (Å²) in [6.45, 7) is 4.83. The SMILES string of the molecule is CC(C)(C)OC(=O)c1sc(-c2cccc(N(C(=O)c3ccccc3)C3CCN(S(=O)(=O)Cc4cccc(N)c4)CC3)c2)c(Cl)c1OCC(=O)O. The molecule has 50 heavy (non-hydrogen) atoms. The molecule has 3 aromatic carbocycles. The number of amides is 1. The Bertz CT molecular complexity index is 1990. The van der Waals surface area contributed by atoms with Crippen LogP contribution in [0.4, 0.5) is 11.4 Å². The number of carboxylic acid groups (broad SMARTS) is 1. The van der Waals surface area contributed by atoms with Crippen LogP contribution < -0.4 is 15.4 Å². The molecule has 1 saturated heterocycles. The first-order chi connectivity index (χ1) is 23.6. The number of thiophene rings is 1. The number of hydrogen-bond acceptors (Lipinski definition) is 9. The van der Waals surface area contributed by atoms with Crippen LogP contribution in [0.25, 0.3) is 10.4 Å². The summed E-state index contributed by atoms with van der Waals surface area (Å²) in [5.41, 5.74) is 7.67. The molecule has 1 amide bonds. The fourth-order valence-electron chi connectivity index (χ4n) is 5.68. The number of anilines is 2. The third-order valence-electron chi connectivity index (χ3n) is 7.84. The van der Waals surface area contributed by atoms with Gasteiger partial charge in [0.25, 0.3) is 5.91 Å². The number of sulfonamides is 1. The third-order valence-corrected chi connectivity index (χ3v) is 11.4. The second-order valence-electron chi connectivity index (χ2n) is 12.8. The van der Waals surface area contributed by atoms with Crippen LogP contribution in [-0.2, 0) is 25.3 Å². The summed E-state index contributed by atoms with van der Waals surface area (Å²) in [5, 5.41) is 9.29. The van der Waals surface area contributed by atoms with Gasteiger partial charge in [-0.15, -0.1) is 11.3 Å². The second kappa shape index (κ2) is 15.2. The molecule has 4 aromatic rings. The molecule has 264 valence electrons. The number of nitrogens with zero attached hydrogens (tertiary/aromatic N) is 2. The highest BCUT2D eigenvalue weighted by Gasteiger charge is 2.35. The van der Waals surface area contributed by atoms with Crippen LogP contribution >= 0.6 is 22.9 Å². The van der Waals surface area contributed by atoms with Crippen molar-refractivity contribution in [3.05, 3.63) is 99.9 Å². The molecule has 0 radical (unpaired) electrons. The molecule has 1 fully saturated rings. The van der Waals surface area contributed by atoms with Crippen LogP contribution in [0.5, 0.6) is 5.75 Å². The van der Waals surface area contributed by atoms with Gasteiger partial charge in [0.2, 0.25) is 10.0 Å². The summed E-state index contributed by atoms with van der Waals surface area (Å²) in [7, 11) is -3.64. The fraction of sp³-hybridized carbons (Fsp3) is 0.306. The molecule has 0 atom stereocenters. The molecule has 14 heteroatoms. The van der Waals surface area contributed by atoms with Gasteiger partial charge in [0.15, 0.2) is 17.2 Å². The lowest BCUT2D eigenvalue weighted by Gasteiger charge is -2.38. The van der Waals surface area contributed by atoms with E-state index in [-0.39, 0.29) is 46.4 Å². The van der Waals surface area contributed by atoms with Gasteiger partial charge in [0, 0.05) is 36.1 Å². The molecular weight excluding hydrogens is 702 g/mol. The van der Waals surface area contributed by atoms with Crippen molar-refractivity contribution in [1.29, 1.82) is 0 Å². The molecule has 3 N–H and O–H groups in total. The third kappa shape index (κ3) is 8.83. The Morgan fingerprint density at radius 3 is 2.32 bits per heavy atom. The van der Waals surface area contributed by atoms with Crippen molar-refractivity contribution in [2.24, 2.45) is 0 Å². The second-order valence-corrected chi connectivity index (χ2v) is 16.2. The lowest BCUT2D eigenvalue weighted by molar-refractivity contribution is -0.139. The molecule has 1 aliphatic heterocycles. The highest BCUT2D eigenvalue weighted by atomic mass is 35.5. The number of rotatable bonds is 11. The van der Waals surface area contributed by atoms with E-state index < -0.39 is 34.2 Å². The molecule has 0 unspecified atom stereocenters. The molecule has 5 rings (SSSR count). The van der Waals surface area contributed by atoms with Crippen molar-refractivity contribution in [1.82, 2.24) is 4.31 Å². The van der Waals surface area contributed by atoms with E-state index in [0.717, 1.165) is 11.3 Å². The van der Waals surface area contributed by atoms with Gasteiger partial charge in [-0.25, -0.2) is 22.3 Å². The van der Waals surface area contributed by atoms with Gasteiger partial charge in [-0.05, 0) is 81.1 Å². The number of carboxylic acids is 1. The minimum absolute atomic E-state index is 0.00978. The lowest BCUT2D eigenvalue weighted by atomic mass is 10.0. The molecule has 1 aliphatic rings. The summed E-state index contributed by atoms with van der Waals surface area (Å²) >= 11 is 7.76. The highest BCUT2D eigenvalue weighted by Crippen LogP contribution is 2.47. The molecule has 0 aliphatic carbocycles. The van der Waals surface area contributed by atoms with Crippen molar-refractivity contribution in [3.8, 4) is 16.2 Å². The predicted molar refractivity (Wildman–Crippen MR) is 194 cm³/mol. The summed E-state index contributed by atoms with van der Waals surface area (Å²) in [6.07, 6.45) is 0.767. The summed E-state index contributed by atoms with van der Waals surface area (Å²) in [5.74, 6) is -2.50. The number of aliphatic carboxylic acids is 1. The normalized spacial score (nSPS) is 14.2. The van der Waals surface area contributed by atoms with Crippen molar-refractivity contribution in [2.45, 2.75) is 51.0 Å². The molecule has 11 nitrogen and oxygen atoms in total. The average molecular weight is 740 g/mol. The maximum atomic E-state index is 14.2. The number of nitrogens with two attached hydrogens (primary N) is 1. The first-order valence-corrected chi connectivity index (χ1v) is 18.6. The summed E-state index contributed by atoms with van der Waals surface area (Å²) in [6, 6.07) is 22.3. The van der Waals surface area contributed by atoms with E-state index in [0.29, 0.717) is 45.8 Å². The maximum absolute atomic E-state index is 14.2. The summed E-state index contributed by atoms with van der Waals surface area (Å²) < 4.78 is 39.2. The quantitative estimate of drug-likeness (QED) is 0.126. The minimum atomic E-state index is -3.64. The number of ether oxygens (including phenoxy) is 2. The number of benzene rings is 3. The summed E-state index contributed by atoms with van der Waals surface area (Å²) in [4.78, 5) is 40.8. The first-order valence-electron chi connectivity index (χ1n) is 15.8. The van der Waals surface area contributed by atoms with Gasteiger partial charge in [0.05, 0.1) is 10.6 Å². The fourth-order valence-corrected chi connectivity index (χ4v) is 8.67. The predicted octanol–water partition coefficient (Wildman–Crippen LogP) is 6.71. The molecule has 0 bridgehead atoms. The van der Waals surface area contributed by atoms with Gasteiger partial charge in [-0.3, -0.25) is 4.79 Å². The van der Waals surface area contributed by atoms with Crippen LogP contribution in [0.3, 0.4) is 0 Å². The lowest BCUT2D eigenvalue weighted by Crippen LogP contribution is -2.49. The van der Waals surface area contributed by atoms with Gasteiger partial charge in [-0.1, -0.05) is 54.1 Å². The first kappa shape index (κ1) is 36.8. The number of piperidine rings is 1. The van der Waals surface area contributed by atoms with Gasteiger partial charge in [-0.2, -0.15) is 0 Å². The highest BCUT2D eigenvalue weighted by molar-refractivity contribution is 7.88. The zero-order chi connectivity index (χ0) is 36.2. The zero-order valence-corrected chi connectivity index (χ0v) is 30.2. The Morgan fingerprint density at radius 1 is 1.00 bits per heavy atom. The molecule has 0 saturated carbocycles. The Labute approximate surface area is 300 Å². The standard InChI is InChI=1S/C36H38ClN3O8S2/c1-36(2,3)48-35(44)33-31(47-21-29(41)42)30(37)32(49-33)25-12-8-14-28(20-25)40(34(43)24-10-5-4-6-11-24)27-15-17-39(18-16-27)50(45,46)22-23-9-7-13-26(38)19-23/h4-14,19-20,27H,15-18,21-22,38H2,1-3H3,(H,41,42). The molecule has 1 aromatic heterocycles. The van der Waals surface area contributed by atoms with E-state index in [2.05, 4.69) is 0 Å². The number of carbonyl (C=O) groups excluding carboxylic acids is 2. The van der Waals surface area contributed by atoms with Crippen molar-refractivity contribution >= 4 is 62.2 Å². The topological polar surface area (TPSA) is 157 Å². The van der Waals surface area contributed by atoms with Crippen molar-refractivity contribution in [3.63, 3.8) is 0 Å². The Kier molecular flexibility index (Phi) is 11.2. The number of carbonyl (C=O) groups is 3. The van der Waals surface area contributed by atoms with E-state index in [1.807, 2.05) is 6.07 Å². The average Bonchev–Trinajstić information content (AvgIpc) is 3.39. The molecular formula is C36H38ClN3O8S2. The van der Waals surface area contributed by atoms with Crippen LogP contribution in [0, 0.1) is 0 Å². The smallest absolute Gasteiger partial charge is 0.352 e. The Morgan fingerprint density at radius 2 is 1.68 bits per heavy atom. The van der Waals surface area contributed by atoms with Crippen LogP contribution in [0.15, 0.2) is 78.9 Å². The van der Waals surface area contributed by atoms with Gasteiger partial charge in [0.1, 0.15) is 10.6 Å². The van der Waals surface area contributed by atoms with E-state index >= 15 is 0 Å². The van der Waals surface area contributed by atoms with Crippen molar-refractivity contribution in [2.75, 3.05) is 30.3 Å². The van der Waals surface area contributed by atoms with E-state index in [9.17, 15) is 27.9 Å². The van der Waals surface area contributed by atoms with Crippen LogP contribution in [0.2, 0.25) is 5.02 Å². The largest absolute Gasteiger partial charge is 0.479 e. The number of halogens is 1. The Hall–Kier alpha value is -4.43. The van der Waals surface area contributed by atoms with E-state index in [4.69, 9.17) is 26.8 Å². The molecule has 2 heterocycles. The van der Waals surface area contributed by atoms with E-state index in [1.165, 1.54) is 4.31 Å². The number of nitrogen functional groups attached to an aromatic ring is 1. The maximum Gasteiger partial charge on any atom is 0.352 e. The van der Waals surface area contributed by atoms with Crippen LogP contribution in [0.1, 0.15) is 59.2 Å². The number of esters is 1. The van der Waals surface area contributed by atoms with E-state index in [1.54, 1.807) is 98.5 Å². The van der Waals surface area contributed by atoms with Gasteiger partial charge >= 0.3 is 11.9 Å². The monoisotopic (exact) mass is 739 g/mol. The van der Waals surface area contributed by atoms with Crippen LogP contribution in [-0.4, -0.2) is 67.0 Å². The van der Waals surface area contributed by atoms with Gasteiger partial charge < -0.3 is 25.2 Å². The molecule has 0 spiro atoms. The minimum Gasteiger partial charge on any atom is -0.479 e. The zero-order valence-electron chi connectivity index (χ0n) is 27.8. The number of hydrogen-bond donors (Lipinski definition) is 2. The van der Waals surface area contributed by atoms with Crippen molar-refractivity contribution < 1.29 is 37.4 Å². The Balaban J connectivity index is 1.47.